The topological polar surface area (TPSA) is 12.0 Å². The van der Waals surface area contributed by atoms with Crippen LogP contribution < -0.4 is 5.32 Å². The van der Waals surface area contributed by atoms with Gasteiger partial charge in [-0.3, -0.25) is 0 Å². The fraction of sp³-hybridized carbons (Fsp3) is 0.368. The van der Waals surface area contributed by atoms with Crippen LogP contribution in [-0.4, -0.2) is 6.54 Å². The lowest BCUT2D eigenvalue weighted by Gasteiger charge is -2.20. The number of rotatable bonds is 6. The first-order valence-corrected chi connectivity index (χ1v) is 8.02. The van der Waals surface area contributed by atoms with E-state index in [0.717, 1.165) is 24.4 Å². The normalized spacial score (nSPS) is 12.4. The molecule has 2 rings (SSSR count). The maximum Gasteiger partial charge on any atom is 0.0408 e. The molecule has 1 nitrogen and oxygen atoms in total. The minimum Gasteiger partial charge on any atom is -0.310 e. The lowest BCUT2D eigenvalue weighted by atomic mass is 9.96. The number of halogens is 1. The van der Waals surface area contributed by atoms with Crippen molar-refractivity contribution in [2.24, 2.45) is 0 Å². The molecule has 0 fully saturated rings. The summed E-state index contributed by atoms with van der Waals surface area (Å²) in [5.41, 5.74) is 5.27. The summed E-state index contributed by atoms with van der Waals surface area (Å²) in [6.07, 6.45) is 2.10. The monoisotopic (exact) mass is 301 g/mol. The molecule has 0 aliphatic carbocycles. The highest BCUT2D eigenvalue weighted by Gasteiger charge is 2.12. The largest absolute Gasteiger partial charge is 0.310 e. The molecule has 0 heterocycles. The van der Waals surface area contributed by atoms with Crippen molar-refractivity contribution < 1.29 is 0 Å². The molecule has 0 aromatic heterocycles. The van der Waals surface area contributed by atoms with Crippen LogP contribution in [0.3, 0.4) is 0 Å². The predicted molar refractivity (Wildman–Crippen MR) is 92.1 cm³/mol. The molecule has 21 heavy (non-hydrogen) atoms. The lowest BCUT2D eigenvalue weighted by molar-refractivity contribution is 0.529. The first-order chi connectivity index (χ1) is 10.1. The second-order valence-electron chi connectivity index (χ2n) is 5.76. The van der Waals surface area contributed by atoms with E-state index in [1.54, 1.807) is 0 Å². The number of nitrogens with one attached hydrogen (secondary N) is 1. The van der Waals surface area contributed by atoms with Crippen molar-refractivity contribution in [1.82, 2.24) is 5.32 Å². The Morgan fingerprint density at radius 1 is 1.05 bits per heavy atom. The molecular weight excluding hydrogens is 278 g/mol. The summed E-state index contributed by atoms with van der Waals surface area (Å²) < 4.78 is 0. The fourth-order valence-electron chi connectivity index (χ4n) is 2.74. The van der Waals surface area contributed by atoms with E-state index in [1.807, 2.05) is 12.1 Å². The van der Waals surface area contributed by atoms with Gasteiger partial charge < -0.3 is 5.32 Å². The van der Waals surface area contributed by atoms with Crippen LogP contribution in [0, 0.1) is 13.8 Å². The van der Waals surface area contributed by atoms with Crippen LogP contribution in [0.5, 0.6) is 0 Å². The van der Waals surface area contributed by atoms with Crippen LogP contribution in [-0.2, 0) is 6.42 Å². The number of hydrogen-bond donors (Lipinski definition) is 1. The number of hydrogen-bond acceptors (Lipinski definition) is 1. The van der Waals surface area contributed by atoms with Gasteiger partial charge in [0.15, 0.2) is 0 Å². The Morgan fingerprint density at radius 2 is 1.76 bits per heavy atom. The van der Waals surface area contributed by atoms with Crippen LogP contribution in [0.1, 0.15) is 41.6 Å². The summed E-state index contributed by atoms with van der Waals surface area (Å²) >= 11 is 6.11. The maximum atomic E-state index is 6.11. The molecule has 1 unspecified atom stereocenters. The Bertz CT molecular complexity index is 572. The van der Waals surface area contributed by atoms with Gasteiger partial charge in [-0.05, 0) is 56.5 Å². The van der Waals surface area contributed by atoms with Gasteiger partial charge in [-0.25, -0.2) is 0 Å². The average molecular weight is 302 g/mol. The van der Waals surface area contributed by atoms with E-state index in [9.17, 15) is 0 Å². The van der Waals surface area contributed by atoms with E-state index in [-0.39, 0.29) is 0 Å². The Kier molecular flexibility index (Phi) is 5.84. The minimum atomic E-state index is 0.335. The predicted octanol–water partition coefficient (Wildman–Crippen LogP) is 5.24. The highest BCUT2D eigenvalue weighted by Crippen LogP contribution is 2.22. The Labute approximate surface area is 133 Å². The number of aryl methyl sites for hydroxylation is 2. The first-order valence-electron chi connectivity index (χ1n) is 7.64. The molecule has 0 aliphatic heterocycles. The fourth-order valence-corrected chi connectivity index (χ4v) is 2.95. The zero-order valence-corrected chi connectivity index (χ0v) is 13.9. The molecule has 0 amide bonds. The van der Waals surface area contributed by atoms with Gasteiger partial charge in [0, 0.05) is 11.1 Å². The van der Waals surface area contributed by atoms with E-state index in [1.165, 1.54) is 22.3 Å². The van der Waals surface area contributed by atoms with Crippen LogP contribution >= 0.6 is 11.6 Å². The quantitative estimate of drug-likeness (QED) is 0.769. The van der Waals surface area contributed by atoms with E-state index in [2.05, 4.69) is 56.4 Å². The van der Waals surface area contributed by atoms with Crippen molar-refractivity contribution in [2.75, 3.05) is 6.54 Å². The summed E-state index contributed by atoms with van der Waals surface area (Å²) in [4.78, 5) is 0. The lowest BCUT2D eigenvalue weighted by Crippen LogP contribution is -2.24. The highest BCUT2D eigenvalue weighted by atomic mass is 35.5. The molecule has 1 N–H and O–H groups in total. The van der Waals surface area contributed by atoms with Crippen molar-refractivity contribution in [2.45, 2.75) is 39.7 Å². The summed E-state index contributed by atoms with van der Waals surface area (Å²) in [5.74, 6) is 0. The Balaban J connectivity index is 2.25. The second-order valence-corrected chi connectivity index (χ2v) is 6.20. The van der Waals surface area contributed by atoms with Gasteiger partial charge >= 0.3 is 0 Å². The van der Waals surface area contributed by atoms with Crippen molar-refractivity contribution in [3.63, 3.8) is 0 Å². The molecule has 2 aromatic rings. The van der Waals surface area contributed by atoms with E-state index in [4.69, 9.17) is 11.6 Å². The van der Waals surface area contributed by atoms with Crippen LogP contribution in [0.15, 0.2) is 42.5 Å². The summed E-state index contributed by atoms with van der Waals surface area (Å²) in [7, 11) is 0. The molecule has 0 aliphatic rings. The van der Waals surface area contributed by atoms with Gasteiger partial charge in [-0.2, -0.15) is 0 Å². The minimum absolute atomic E-state index is 0.335. The highest BCUT2D eigenvalue weighted by molar-refractivity contribution is 6.30. The van der Waals surface area contributed by atoms with Gasteiger partial charge in [-0.15, -0.1) is 0 Å². The summed E-state index contributed by atoms with van der Waals surface area (Å²) in [6.45, 7) is 7.54. The van der Waals surface area contributed by atoms with E-state index in [0.29, 0.717) is 6.04 Å². The van der Waals surface area contributed by atoms with Crippen LogP contribution in [0.25, 0.3) is 0 Å². The average Bonchev–Trinajstić information content (AvgIpc) is 2.42. The van der Waals surface area contributed by atoms with Gasteiger partial charge in [0.1, 0.15) is 0 Å². The standard InChI is InChI=1S/C19H24ClN/c1-4-8-21-19(13-16-6-5-7-18(20)12-16)17-10-14(2)9-15(3)11-17/h5-7,9-12,19,21H,4,8,13H2,1-3H3. The molecule has 2 aromatic carbocycles. The third-order valence-electron chi connectivity index (χ3n) is 3.62. The molecule has 0 spiro atoms. The first kappa shape index (κ1) is 16.1. The third kappa shape index (κ3) is 4.87. The zero-order chi connectivity index (χ0) is 15.2. The molecule has 1 atom stereocenters. The third-order valence-corrected chi connectivity index (χ3v) is 3.85. The Hall–Kier alpha value is -1.31. The maximum absolute atomic E-state index is 6.11. The van der Waals surface area contributed by atoms with Crippen molar-refractivity contribution >= 4 is 11.6 Å². The van der Waals surface area contributed by atoms with E-state index >= 15 is 0 Å². The van der Waals surface area contributed by atoms with E-state index < -0.39 is 0 Å². The molecule has 112 valence electrons. The summed E-state index contributed by atoms with van der Waals surface area (Å²) in [6, 6.07) is 15.3. The molecule has 0 bridgehead atoms. The molecule has 0 radical (unpaired) electrons. The van der Waals surface area contributed by atoms with Gasteiger partial charge in [0.05, 0.1) is 0 Å². The van der Waals surface area contributed by atoms with Gasteiger partial charge in [0.2, 0.25) is 0 Å². The number of benzene rings is 2. The van der Waals surface area contributed by atoms with Gasteiger partial charge in [0.25, 0.3) is 0 Å². The van der Waals surface area contributed by atoms with Crippen LogP contribution in [0.4, 0.5) is 0 Å². The van der Waals surface area contributed by atoms with Crippen molar-refractivity contribution in [3.8, 4) is 0 Å². The zero-order valence-electron chi connectivity index (χ0n) is 13.1. The molecule has 2 heteroatoms. The summed E-state index contributed by atoms with van der Waals surface area (Å²) in [5, 5.41) is 4.47. The van der Waals surface area contributed by atoms with Crippen molar-refractivity contribution in [1.29, 1.82) is 0 Å². The molecule has 0 saturated carbocycles. The molecular formula is C19H24ClN. The second kappa shape index (κ2) is 7.63. The smallest absolute Gasteiger partial charge is 0.0408 e. The van der Waals surface area contributed by atoms with Gasteiger partial charge in [-0.1, -0.05) is 60.0 Å². The van der Waals surface area contributed by atoms with Crippen LogP contribution in [0.2, 0.25) is 5.02 Å². The molecule has 0 saturated heterocycles. The SMILES string of the molecule is CCCNC(Cc1cccc(Cl)c1)c1cc(C)cc(C)c1. The Morgan fingerprint density at radius 3 is 2.38 bits per heavy atom. The van der Waals surface area contributed by atoms with Crippen molar-refractivity contribution in [3.05, 3.63) is 69.7 Å².